The van der Waals surface area contributed by atoms with E-state index in [-0.39, 0.29) is 17.1 Å². The molecule has 0 fully saturated rings. The van der Waals surface area contributed by atoms with Crippen LogP contribution in [0, 0.1) is 0 Å². The van der Waals surface area contributed by atoms with Crippen LogP contribution in [0.5, 0.6) is 0 Å². The van der Waals surface area contributed by atoms with Crippen LogP contribution < -0.4 is 17.0 Å². The number of ether oxygens (including phenoxy) is 1. The van der Waals surface area contributed by atoms with Crippen LogP contribution in [0.3, 0.4) is 0 Å². The van der Waals surface area contributed by atoms with Gasteiger partial charge in [-0.3, -0.25) is 18.7 Å². The van der Waals surface area contributed by atoms with Gasteiger partial charge in [0.05, 0.1) is 5.75 Å². The number of Topliss-reactive ketones (excluding diaryl/α,β-unsaturated/α-hetero) is 1. The number of benzene rings is 1. The summed E-state index contributed by atoms with van der Waals surface area (Å²) < 4.78 is 9.28. The molecule has 2 heterocycles. The lowest BCUT2D eigenvalue weighted by molar-refractivity contribution is 0.102. The molecule has 176 valence electrons. The number of ketones is 1. The highest BCUT2D eigenvalue weighted by Crippen LogP contribution is 2.26. The van der Waals surface area contributed by atoms with E-state index >= 15 is 0 Å². The van der Waals surface area contributed by atoms with Crippen molar-refractivity contribution in [3.05, 3.63) is 55.7 Å². The number of carbonyl (C=O) groups excluding carboxylic acids is 1. The zero-order valence-corrected chi connectivity index (χ0v) is 20.1. The van der Waals surface area contributed by atoms with Crippen LogP contribution in [0.2, 0.25) is 5.02 Å². The van der Waals surface area contributed by atoms with E-state index in [1.807, 2.05) is 23.6 Å². The maximum atomic E-state index is 12.9. The SMILES string of the molecule is CCOCCCn1c(SCC(=O)c2c(N)n(C)c(=O)n(C)c2=O)nnc1-c1ccc(Cl)cc1. The van der Waals surface area contributed by atoms with E-state index in [0.29, 0.717) is 35.8 Å². The number of hydrogen-bond donors (Lipinski definition) is 1. The minimum atomic E-state index is -0.721. The summed E-state index contributed by atoms with van der Waals surface area (Å²) in [6, 6.07) is 7.23. The van der Waals surface area contributed by atoms with E-state index in [4.69, 9.17) is 22.1 Å². The van der Waals surface area contributed by atoms with E-state index in [9.17, 15) is 14.4 Å². The molecule has 0 aliphatic heterocycles. The van der Waals surface area contributed by atoms with Crippen molar-refractivity contribution < 1.29 is 9.53 Å². The first-order valence-corrected chi connectivity index (χ1v) is 11.6. The van der Waals surface area contributed by atoms with Crippen molar-refractivity contribution >= 4 is 35.0 Å². The van der Waals surface area contributed by atoms with Crippen LogP contribution in [-0.2, 0) is 25.4 Å². The molecule has 1 aromatic carbocycles. The first-order valence-electron chi connectivity index (χ1n) is 10.2. The van der Waals surface area contributed by atoms with E-state index < -0.39 is 17.0 Å². The van der Waals surface area contributed by atoms with Gasteiger partial charge in [-0.1, -0.05) is 23.4 Å². The monoisotopic (exact) mass is 492 g/mol. The topological polar surface area (TPSA) is 127 Å². The first-order chi connectivity index (χ1) is 15.8. The number of nitrogens with two attached hydrogens (primary N) is 1. The zero-order valence-electron chi connectivity index (χ0n) is 18.6. The van der Waals surface area contributed by atoms with Gasteiger partial charge >= 0.3 is 5.69 Å². The van der Waals surface area contributed by atoms with Crippen molar-refractivity contribution in [3.63, 3.8) is 0 Å². The molecular formula is C21H25ClN6O4S. The summed E-state index contributed by atoms with van der Waals surface area (Å²) in [6.45, 7) is 3.70. The maximum Gasteiger partial charge on any atom is 0.332 e. The second-order valence-electron chi connectivity index (χ2n) is 7.19. The van der Waals surface area contributed by atoms with Crippen molar-refractivity contribution in [2.75, 3.05) is 24.7 Å². The minimum absolute atomic E-state index is 0.0954. The number of hydrogen-bond acceptors (Lipinski definition) is 8. The van der Waals surface area contributed by atoms with Gasteiger partial charge in [0.2, 0.25) is 0 Å². The molecule has 0 amide bonds. The average molecular weight is 493 g/mol. The van der Waals surface area contributed by atoms with Crippen LogP contribution in [0.4, 0.5) is 5.82 Å². The maximum absolute atomic E-state index is 12.9. The Balaban J connectivity index is 1.87. The van der Waals surface area contributed by atoms with Gasteiger partial charge in [-0.25, -0.2) is 4.79 Å². The Morgan fingerprint density at radius 1 is 1.15 bits per heavy atom. The van der Waals surface area contributed by atoms with Gasteiger partial charge in [-0.15, -0.1) is 10.2 Å². The fourth-order valence-electron chi connectivity index (χ4n) is 3.20. The molecule has 10 nitrogen and oxygen atoms in total. The summed E-state index contributed by atoms with van der Waals surface area (Å²) in [7, 11) is 2.72. The number of thioether (sulfide) groups is 1. The zero-order chi connectivity index (χ0) is 24.1. The third-order valence-corrected chi connectivity index (χ3v) is 6.23. The Morgan fingerprint density at radius 2 is 1.85 bits per heavy atom. The molecule has 0 aliphatic rings. The Kier molecular flexibility index (Phi) is 8.11. The van der Waals surface area contributed by atoms with E-state index in [2.05, 4.69) is 10.2 Å². The average Bonchev–Trinajstić information content (AvgIpc) is 3.21. The van der Waals surface area contributed by atoms with Gasteiger partial charge in [0, 0.05) is 44.4 Å². The summed E-state index contributed by atoms with van der Waals surface area (Å²) >= 11 is 7.15. The lowest BCUT2D eigenvalue weighted by atomic mass is 10.2. The van der Waals surface area contributed by atoms with Crippen molar-refractivity contribution in [3.8, 4) is 11.4 Å². The lowest BCUT2D eigenvalue weighted by Crippen LogP contribution is -2.41. The van der Waals surface area contributed by atoms with Crippen LogP contribution in [0.1, 0.15) is 23.7 Å². The smallest absolute Gasteiger partial charge is 0.332 e. The highest BCUT2D eigenvalue weighted by molar-refractivity contribution is 7.99. The Hall–Kier alpha value is -2.89. The molecule has 0 spiro atoms. The van der Waals surface area contributed by atoms with E-state index in [0.717, 1.165) is 32.9 Å². The number of carbonyl (C=O) groups is 1. The molecule has 0 bridgehead atoms. The molecular weight excluding hydrogens is 468 g/mol. The van der Waals surface area contributed by atoms with Crippen LogP contribution in [-0.4, -0.2) is 48.6 Å². The predicted octanol–water partition coefficient (Wildman–Crippen LogP) is 1.98. The van der Waals surface area contributed by atoms with Gasteiger partial charge in [-0.2, -0.15) is 0 Å². The number of nitrogens with zero attached hydrogens (tertiary/aromatic N) is 5. The van der Waals surface area contributed by atoms with Gasteiger partial charge in [0.15, 0.2) is 16.8 Å². The summed E-state index contributed by atoms with van der Waals surface area (Å²) in [5.41, 5.74) is 5.20. The largest absolute Gasteiger partial charge is 0.384 e. The van der Waals surface area contributed by atoms with Crippen molar-refractivity contribution in [2.45, 2.75) is 25.0 Å². The normalized spacial score (nSPS) is 11.2. The minimum Gasteiger partial charge on any atom is -0.384 e. The lowest BCUT2D eigenvalue weighted by Gasteiger charge is -2.12. The van der Waals surface area contributed by atoms with E-state index in [1.54, 1.807) is 12.1 Å². The van der Waals surface area contributed by atoms with E-state index in [1.165, 1.54) is 14.1 Å². The Morgan fingerprint density at radius 3 is 2.52 bits per heavy atom. The molecule has 0 unspecified atom stereocenters. The molecule has 2 N–H and O–H groups in total. The van der Waals surface area contributed by atoms with Gasteiger partial charge in [0.25, 0.3) is 5.56 Å². The number of rotatable bonds is 10. The number of aromatic nitrogens is 5. The molecule has 0 aliphatic carbocycles. The third-order valence-electron chi connectivity index (χ3n) is 5.01. The fraction of sp³-hybridized carbons (Fsp3) is 0.381. The van der Waals surface area contributed by atoms with Crippen LogP contribution in [0.25, 0.3) is 11.4 Å². The third kappa shape index (κ3) is 5.37. The van der Waals surface area contributed by atoms with Crippen molar-refractivity contribution in [1.82, 2.24) is 23.9 Å². The standard InChI is InChI=1S/C21H25ClN6O4S/c1-4-32-11-5-10-28-18(13-6-8-14(22)9-7-13)24-25-20(28)33-12-15(29)16-17(23)26(2)21(31)27(3)19(16)30/h6-9H,4-5,10-12,23H2,1-3H3. The number of nitrogen functional groups attached to an aromatic ring is 1. The van der Waals surface area contributed by atoms with Crippen molar-refractivity contribution in [2.24, 2.45) is 14.1 Å². The summed E-state index contributed by atoms with van der Waals surface area (Å²) in [5.74, 6) is -0.114. The molecule has 0 saturated heterocycles. The summed E-state index contributed by atoms with van der Waals surface area (Å²) in [4.78, 5) is 37.4. The van der Waals surface area contributed by atoms with Gasteiger partial charge in [0.1, 0.15) is 11.4 Å². The Labute approximate surface area is 199 Å². The molecule has 12 heteroatoms. The van der Waals surface area contributed by atoms with Crippen molar-refractivity contribution in [1.29, 1.82) is 0 Å². The molecule has 0 radical (unpaired) electrons. The molecule has 3 aromatic rings. The predicted molar refractivity (Wildman–Crippen MR) is 128 cm³/mol. The second-order valence-corrected chi connectivity index (χ2v) is 8.57. The van der Waals surface area contributed by atoms with Gasteiger partial charge < -0.3 is 15.0 Å². The highest BCUT2D eigenvalue weighted by atomic mass is 35.5. The molecule has 2 aromatic heterocycles. The first kappa shape index (κ1) is 24.7. The molecule has 0 saturated carbocycles. The highest BCUT2D eigenvalue weighted by Gasteiger charge is 2.22. The fourth-order valence-corrected chi connectivity index (χ4v) is 4.17. The summed E-state index contributed by atoms with van der Waals surface area (Å²) in [6.07, 6.45) is 0.724. The second kappa shape index (κ2) is 10.8. The van der Waals surface area contributed by atoms with Crippen LogP contribution in [0.15, 0.2) is 39.0 Å². The quantitative estimate of drug-likeness (QED) is 0.258. The van der Waals surface area contributed by atoms with Crippen LogP contribution >= 0.6 is 23.4 Å². The molecule has 3 rings (SSSR count). The summed E-state index contributed by atoms with van der Waals surface area (Å²) in [5, 5.41) is 9.68. The number of halogens is 1. The Bertz CT molecular complexity index is 1270. The number of anilines is 1. The molecule has 0 atom stereocenters. The molecule has 33 heavy (non-hydrogen) atoms. The van der Waals surface area contributed by atoms with Gasteiger partial charge in [-0.05, 0) is 37.6 Å².